The van der Waals surface area contributed by atoms with Gasteiger partial charge in [0.2, 0.25) is 11.1 Å². The summed E-state index contributed by atoms with van der Waals surface area (Å²) in [5.41, 5.74) is 6.86. The molecule has 0 spiro atoms. The quantitative estimate of drug-likeness (QED) is 0.393. The van der Waals surface area contributed by atoms with Crippen LogP contribution in [0.15, 0.2) is 78.0 Å². The molecule has 3 aromatic carbocycles. The van der Waals surface area contributed by atoms with Crippen LogP contribution in [-0.2, 0) is 4.79 Å². The molecule has 0 radical (unpaired) electrons. The zero-order chi connectivity index (χ0) is 23.7. The standard InChI is InChI=1S/C25H22ClN5O2S/c1-15-19(26)9-6-10-20(15)27-24(32)22-21(16-11-13-18(33-2)14-12-16)30-31-23(28-29-25(31)34-22)17-7-4-3-5-8-17/h3-14,21-22,30H,1-2H3,(H,27,32)/t21-,22-/m1/s1. The van der Waals surface area contributed by atoms with E-state index in [9.17, 15) is 4.79 Å². The van der Waals surface area contributed by atoms with Crippen molar-refractivity contribution >= 4 is 35.0 Å². The monoisotopic (exact) mass is 491 g/mol. The molecular formula is C25H22ClN5O2S. The number of carbonyl (C=O) groups is 1. The number of anilines is 1. The number of nitrogens with one attached hydrogen (secondary N) is 2. The summed E-state index contributed by atoms with van der Waals surface area (Å²) in [4.78, 5) is 13.5. The van der Waals surface area contributed by atoms with Gasteiger partial charge < -0.3 is 15.5 Å². The first-order chi connectivity index (χ1) is 16.5. The van der Waals surface area contributed by atoms with Crippen LogP contribution < -0.4 is 15.5 Å². The van der Waals surface area contributed by atoms with Gasteiger partial charge in [0, 0.05) is 16.3 Å². The summed E-state index contributed by atoms with van der Waals surface area (Å²) in [6, 6.07) is 22.6. The highest BCUT2D eigenvalue weighted by atomic mass is 35.5. The molecule has 2 atom stereocenters. The molecule has 1 aliphatic rings. The minimum atomic E-state index is -0.507. The van der Waals surface area contributed by atoms with E-state index in [-0.39, 0.29) is 11.9 Å². The Bertz CT molecular complexity index is 1330. The van der Waals surface area contributed by atoms with Crippen molar-refractivity contribution in [3.8, 4) is 17.1 Å². The number of benzene rings is 3. The van der Waals surface area contributed by atoms with Crippen molar-refractivity contribution in [2.24, 2.45) is 0 Å². The first-order valence-electron chi connectivity index (χ1n) is 10.7. The maximum absolute atomic E-state index is 13.5. The van der Waals surface area contributed by atoms with Crippen molar-refractivity contribution < 1.29 is 9.53 Å². The molecule has 2 heterocycles. The van der Waals surface area contributed by atoms with E-state index in [2.05, 4.69) is 20.9 Å². The topological polar surface area (TPSA) is 81.1 Å². The van der Waals surface area contributed by atoms with Gasteiger partial charge in [0.15, 0.2) is 5.82 Å². The molecule has 0 saturated heterocycles. The average molecular weight is 492 g/mol. The molecule has 0 bridgehead atoms. The summed E-state index contributed by atoms with van der Waals surface area (Å²) in [6.07, 6.45) is 0. The number of hydrogen-bond donors (Lipinski definition) is 2. The van der Waals surface area contributed by atoms with Crippen molar-refractivity contribution in [1.29, 1.82) is 0 Å². The second kappa shape index (κ2) is 9.40. The van der Waals surface area contributed by atoms with Gasteiger partial charge in [-0.3, -0.25) is 4.79 Å². The summed E-state index contributed by atoms with van der Waals surface area (Å²) in [5.74, 6) is 1.28. The van der Waals surface area contributed by atoms with Gasteiger partial charge in [-0.1, -0.05) is 71.9 Å². The van der Waals surface area contributed by atoms with E-state index >= 15 is 0 Å². The lowest BCUT2D eigenvalue weighted by molar-refractivity contribution is -0.116. The van der Waals surface area contributed by atoms with Gasteiger partial charge in [0.05, 0.1) is 13.2 Å². The normalized spacial score (nSPS) is 16.9. The molecule has 9 heteroatoms. The highest BCUT2D eigenvalue weighted by Crippen LogP contribution is 2.39. The summed E-state index contributed by atoms with van der Waals surface area (Å²) < 4.78 is 7.16. The van der Waals surface area contributed by atoms with Crippen LogP contribution in [0.25, 0.3) is 11.4 Å². The van der Waals surface area contributed by atoms with Crippen molar-refractivity contribution in [3.63, 3.8) is 0 Å². The fourth-order valence-electron chi connectivity index (χ4n) is 3.84. The smallest absolute Gasteiger partial charge is 0.240 e. The van der Waals surface area contributed by atoms with Crippen LogP contribution in [-0.4, -0.2) is 33.1 Å². The molecule has 1 amide bonds. The predicted molar refractivity (Wildman–Crippen MR) is 135 cm³/mol. The number of fused-ring (bicyclic) bond motifs is 1. The van der Waals surface area contributed by atoms with E-state index in [0.717, 1.165) is 22.4 Å². The molecule has 0 unspecified atom stereocenters. The van der Waals surface area contributed by atoms with E-state index < -0.39 is 5.25 Å². The largest absolute Gasteiger partial charge is 0.497 e. The predicted octanol–water partition coefficient (Wildman–Crippen LogP) is 5.31. The third-order valence-electron chi connectivity index (χ3n) is 5.73. The summed E-state index contributed by atoms with van der Waals surface area (Å²) in [6.45, 7) is 1.88. The number of hydrogen-bond acceptors (Lipinski definition) is 6. The molecule has 172 valence electrons. The second-order valence-electron chi connectivity index (χ2n) is 7.83. The summed E-state index contributed by atoms with van der Waals surface area (Å²) >= 11 is 7.64. The van der Waals surface area contributed by atoms with E-state index in [0.29, 0.717) is 21.7 Å². The number of thioether (sulfide) groups is 1. The van der Waals surface area contributed by atoms with Gasteiger partial charge in [-0.2, -0.15) is 0 Å². The molecule has 1 aliphatic heterocycles. The number of methoxy groups -OCH3 is 1. The van der Waals surface area contributed by atoms with E-state index in [1.54, 1.807) is 13.2 Å². The Morgan fingerprint density at radius 3 is 2.56 bits per heavy atom. The average Bonchev–Trinajstić information content (AvgIpc) is 3.29. The molecule has 0 aliphatic carbocycles. The van der Waals surface area contributed by atoms with Crippen LogP contribution in [0.3, 0.4) is 0 Å². The van der Waals surface area contributed by atoms with Crippen LogP contribution in [0, 0.1) is 6.92 Å². The van der Waals surface area contributed by atoms with Gasteiger partial charge in [-0.05, 0) is 42.3 Å². The van der Waals surface area contributed by atoms with Gasteiger partial charge in [-0.15, -0.1) is 10.2 Å². The Balaban J connectivity index is 1.52. The van der Waals surface area contributed by atoms with Crippen LogP contribution in [0.1, 0.15) is 17.2 Å². The van der Waals surface area contributed by atoms with Gasteiger partial charge in [-0.25, -0.2) is 4.68 Å². The highest BCUT2D eigenvalue weighted by molar-refractivity contribution is 8.00. The first kappa shape index (κ1) is 22.3. The zero-order valence-electron chi connectivity index (χ0n) is 18.5. The van der Waals surface area contributed by atoms with E-state index in [4.69, 9.17) is 16.3 Å². The molecule has 0 fully saturated rings. The molecule has 0 saturated carbocycles. The lowest BCUT2D eigenvalue weighted by Crippen LogP contribution is -2.41. The third-order valence-corrected chi connectivity index (χ3v) is 7.35. The number of rotatable bonds is 5. The van der Waals surface area contributed by atoms with Crippen LogP contribution in [0.2, 0.25) is 5.02 Å². The third kappa shape index (κ3) is 4.22. The Hall–Kier alpha value is -3.49. The molecule has 5 rings (SSSR count). The van der Waals surface area contributed by atoms with E-state index in [1.165, 1.54) is 11.8 Å². The Morgan fingerprint density at radius 2 is 1.82 bits per heavy atom. The highest BCUT2D eigenvalue weighted by Gasteiger charge is 2.38. The second-order valence-corrected chi connectivity index (χ2v) is 9.34. The van der Waals surface area contributed by atoms with Crippen molar-refractivity contribution in [3.05, 3.63) is 88.9 Å². The maximum Gasteiger partial charge on any atom is 0.240 e. The zero-order valence-corrected chi connectivity index (χ0v) is 20.1. The lowest BCUT2D eigenvalue weighted by Gasteiger charge is -2.33. The number of carbonyl (C=O) groups excluding carboxylic acids is 1. The molecule has 2 N–H and O–H groups in total. The fraction of sp³-hybridized carbons (Fsp3) is 0.160. The number of amides is 1. The molecule has 1 aromatic heterocycles. The minimum absolute atomic E-state index is 0.154. The SMILES string of the molecule is COc1ccc([C@H]2Nn3c(nnc3-c3ccccc3)S[C@H]2C(=O)Nc2cccc(Cl)c2C)cc1. The van der Waals surface area contributed by atoms with Crippen molar-refractivity contribution in [2.75, 3.05) is 17.9 Å². The van der Waals surface area contributed by atoms with Crippen molar-refractivity contribution in [2.45, 2.75) is 23.4 Å². The number of ether oxygens (including phenoxy) is 1. The van der Waals surface area contributed by atoms with Crippen LogP contribution >= 0.6 is 23.4 Å². The number of aromatic nitrogens is 3. The fourth-order valence-corrected chi connectivity index (χ4v) is 5.09. The first-order valence-corrected chi connectivity index (χ1v) is 11.9. The van der Waals surface area contributed by atoms with Crippen LogP contribution in [0.4, 0.5) is 5.69 Å². The Labute approximate surface area is 206 Å². The Morgan fingerprint density at radius 1 is 1.06 bits per heavy atom. The van der Waals surface area contributed by atoms with E-state index in [1.807, 2.05) is 78.3 Å². The molecule has 7 nitrogen and oxygen atoms in total. The summed E-state index contributed by atoms with van der Waals surface area (Å²) in [7, 11) is 1.63. The number of nitrogens with zero attached hydrogens (tertiary/aromatic N) is 3. The molecule has 4 aromatic rings. The van der Waals surface area contributed by atoms with Crippen molar-refractivity contribution in [1.82, 2.24) is 14.9 Å². The summed E-state index contributed by atoms with van der Waals surface area (Å²) in [5, 5.41) is 12.5. The molecular weight excluding hydrogens is 470 g/mol. The van der Waals surface area contributed by atoms with Crippen LogP contribution in [0.5, 0.6) is 5.75 Å². The van der Waals surface area contributed by atoms with Gasteiger partial charge >= 0.3 is 0 Å². The Kier molecular flexibility index (Phi) is 6.17. The minimum Gasteiger partial charge on any atom is -0.497 e. The lowest BCUT2D eigenvalue weighted by atomic mass is 10.0. The van der Waals surface area contributed by atoms with Gasteiger partial charge in [0.1, 0.15) is 11.0 Å². The van der Waals surface area contributed by atoms with Gasteiger partial charge in [0.25, 0.3) is 0 Å². The number of halogens is 1. The maximum atomic E-state index is 13.5. The molecule has 34 heavy (non-hydrogen) atoms.